The molecule has 1 aromatic carbocycles. The van der Waals surface area contributed by atoms with Crippen LogP contribution >= 0.6 is 0 Å². The molecule has 2 aliphatic rings. The van der Waals surface area contributed by atoms with E-state index in [2.05, 4.69) is 45.1 Å². The molecule has 4 atom stereocenters. The van der Waals surface area contributed by atoms with E-state index in [-0.39, 0.29) is 0 Å². The van der Waals surface area contributed by atoms with Crippen LogP contribution < -0.4 is 5.32 Å². The van der Waals surface area contributed by atoms with Crippen molar-refractivity contribution in [2.75, 3.05) is 6.54 Å². The summed E-state index contributed by atoms with van der Waals surface area (Å²) in [5.74, 6) is 3.03. The first-order valence-electron chi connectivity index (χ1n) is 8.35. The summed E-state index contributed by atoms with van der Waals surface area (Å²) < 4.78 is 0. The zero-order chi connectivity index (χ0) is 14.3. The molecule has 4 unspecified atom stereocenters. The van der Waals surface area contributed by atoms with Crippen molar-refractivity contribution in [1.82, 2.24) is 5.32 Å². The highest BCUT2D eigenvalue weighted by Gasteiger charge is 2.39. The largest absolute Gasteiger partial charge is 0.310 e. The van der Waals surface area contributed by atoms with E-state index in [0.717, 1.165) is 17.8 Å². The molecule has 1 heteroatoms. The van der Waals surface area contributed by atoms with Crippen LogP contribution in [0.2, 0.25) is 0 Å². The number of nitrogens with one attached hydrogen (secondary N) is 1. The number of fused-ring (bicyclic) bond motifs is 2. The summed E-state index contributed by atoms with van der Waals surface area (Å²) in [6, 6.07) is 5.12. The molecule has 1 nitrogen and oxygen atoms in total. The van der Waals surface area contributed by atoms with Crippen molar-refractivity contribution in [3.05, 3.63) is 34.4 Å². The van der Waals surface area contributed by atoms with Gasteiger partial charge >= 0.3 is 0 Å². The van der Waals surface area contributed by atoms with Crippen LogP contribution in [0.15, 0.2) is 12.1 Å². The monoisotopic (exact) mass is 271 g/mol. The highest BCUT2D eigenvalue weighted by Crippen LogP contribution is 2.48. The SMILES string of the molecule is Cc1cc(C)c(C(C)NCC2CC3CCC2C3)c(C)c1. The number of hydrogen-bond donors (Lipinski definition) is 1. The molecule has 20 heavy (non-hydrogen) atoms. The fourth-order valence-electron chi connectivity index (χ4n) is 4.93. The first-order chi connectivity index (χ1) is 9.54. The molecule has 2 saturated carbocycles. The van der Waals surface area contributed by atoms with Gasteiger partial charge in [-0.05, 0) is 87.9 Å². The lowest BCUT2D eigenvalue weighted by atomic mass is 9.88. The third kappa shape index (κ3) is 2.65. The highest BCUT2D eigenvalue weighted by atomic mass is 14.9. The summed E-state index contributed by atoms with van der Waals surface area (Å²) in [7, 11) is 0. The third-order valence-electron chi connectivity index (χ3n) is 5.74. The van der Waals surface area contributed by atoms with Gasteiger partial charge < -0.3 is 5.32 Å². The molecule has 0 heterocycles. The van der Waals surface area contributed by atoms with Crippen molar-refractivity contribution in [3.8, 4) is 0 Å². The van der Waals surface area contributed by atoms with E-state index in [9.17, 15) is 0 Å². The minimum absolute atomic E-state index is 0.481. The van der Waals surface area contributed by atoms with Crippen molar-refractivity contribution in [3.63, 3.8) is 0 Å². The molecule has 2 fully saturated rings. The van der Waals surface area contributed by atoms with Gasteiger partial charge in [-0.1, -0.05) is 24.1 Å². The van der Waals surface area contributed by atoms with Crippen molar-refractivity contribution >= 4 is 0 Å². The summed E-state index contributed by atoms with van der Waals surface area (Å²) in [6.45, 7) is 10.3. The molecule has 1 aromatic rings. The Morgan fingerprint density at radius 2 is 1.80 bits per heavy atom. The van der Waals surface area contributed by atoms with Gasteiger partial charge in [0.15, 0.2) is 0 Å². The Morgan fingerprint density at radius 1 is 1.10 bits per heavy atom. The quantitative estimate of drug-likeness (QED) is 0.837. The van der Waals surface area contributed by atoms with E-state index < -0.39 is 0 Å². The second-order valence-electron chi connectivity index (χ2n) is 7.38. The van der Waals surface area contributed by atoms with Crippen molar-refractivity contribution in [2.45, 2.75) is 59.4 Å². The zero-order valence-electron chi connectivity index (χ0n) is 13.5. The normalized spacial score (nSPS) is 29.9. The number of hydrogen-bond acceptors (Lipinski definition) is 1. The lowest BCUT2D eigenvalue weighted by Crippen LogP contribution is -2.29. The van der Waals surface area contributed by atoms with Crippen LogP contribution in [0.25, 0.3) is 0 Å². The maximum atomic E-state index is 3.83. The van der Waals surface area contributed by atoms with Crippen LogP contribution in [0.5, 0.6) is 0 Å². The fraction of sp³-hybridized carbons (Fsp3) is 0.684. The van der Waals surface area contributed by atoms with Gasteiger partial charge in [0.2, 0.25) is 0 Å². The average Bonchev–Trinajstić information content (AvgIpc) is 2.97. The van der Waals surface area contributed by atoms with E-state index in [4.69, 9.17) is 0 Å². The highest BCUT2D eigenvalue weighted by molar-refractivity contribution is 5.39. The summed E-state index contributed by atoms with van der Waals surface area (Å²) in [4.78, 5) is 0. The minimum atomic E-state index is 0.481. The molecule has 0 amide bonds. The molecule has 2 aliphatic carbocycles. The maximum absolute atomic E-state index is 3.83. The molecule has 0 aliphatic heterocycles. The Hall–Kier alpha value is -0.820. The second kappa shape index (κ2) is 5.52. The first kappa shape index (κ1) is 14.1. The number of benzene rings is 1. The topological polar surface area (TPSA) is 12.0 Å². The second-order valence-corrected chi connectivity index (χ2v) is 7.38. The Morgan fingerprint density at radius 3 is 2.35 bits per heavy atom. The molecule has 2 bridgehead atoms. The standard InChI is InChI=1S/C19H29N/c1-12-7-13(2)19(14(3)8-12)15(4)20-11-18-10-16-5-6-17(18)9-16/h7-8,15-18,20H,5-6,9-11H2,1-4H3. The molecule has 0 aromatic heterocycles. The summed E-state index contributed by atoms with van der Waals surface area (Å²) in [6.07, 6.45) is 6.00. The van der Waals surface area contributed by atoms with Crippen LogP contribution in [-0.4, -0.2) is 6.54 Å². The Balaban J connectivity index is 1.63. The van der Waals surface area contributed by atoms with E-state index in [0.29, 0.717) is 6.04 Å². The smallest absolute Gasteiger partial charge is 0.0297 e. The van der Waals surface area contributed by atoms with Gasteiger partial charge in [-0.2, -0.15) is 0 Å². The summed E-state index contributed by atoms with van der Waals surface area (Å²) >= 11 is 0. The van der Waals surface area contributed by atoms with E-state index in [1.807, 2.05) is 0 Å². The van der Waals surface area contributed by atoms with E-state index >= 15 is 0 Å². The predicted octanol–water partition coefficient (Wildman–Crippen LogP) is 4.70. The van der Waals surface area contributed by atoms with Gasteiger partial charge in [0.1, 0.15) is 0 Å². The van der Waals surface area contributed by atoms with Crippen LogP contribution in [0.4, 0.5) is 0 Å². The molecule has 110 valence electrons. The Bertz CT molecular complexity index is 468. The summed E-state index contributed by atoms with van der Waals surface area (Å²) in [5.41, 5.74) is 5.77. The Kier molecular flexibility index (Phi) is 3.90. The van der Waals surface area contributed by atoms with Gasteiger partial charge in [0.05, 0.1) is 0 Å². The van der Waals surface area contributed by atoms with Gasteiger partial charge in [-0.3, -0.25) is 0 Å². The van der Waals surface area contributed by atoms with E-state index in [1.165, 1.54) is 54.5 Å². The van der Waals surface area contributed by atoms with Crippen molar-refractivity contribution in [1.29, 1.82) is 0 Å². The predicted molar refractivity (Wildman–Crippen MR) is 86.0 cm³/mol. The third-order valence-corrected chi connectivity index (χ3v) is 5.74. The fourth-order valence-corrected chi connectivity index (χ4v) is 4.93. The maximum Gasteiger partial charge on any atom is 0.0297 e. The van der Waals surface area contributed by atoms with Crippen LogP contribution in [-0.2, 0) is 0 Å². The molecular formula is C19H29N. The molecule has 0 spiro atoms. The molecule has 1 N–H and O–H groups in total. The minimum Gasteiger partial charge on any atom is -0.310 e. The lowest BCUT2D eigenvalue weighted by Gasteiger charge is -2.26. The van der Waals surface area contributed by atoms with Gasteiger partial charge in [0, 0.05) is 6.04 Å². The molecule has 0 saturated heterocycles. The molecular weight excluding hydrogens is 242 g/mol. The van der Waals surface area contributed by atoms with Crippen LogP contribution in [0.1, 0.15) is 60.9 Å². The number of aryl methyl sites for hydroxylation is 3. The van der Waals surface area contributed by atoms with Crippen LogP contribution in [0.3, 0.4) is 0 Å². The van der Waals surface area contributed by atoms with E-state index in [1.54, 1.807) is 0 Å². The van der Waals surface area contributed by atoms with Crippen molar-refractivity contribution < 1.29 is 0 Å². The zero-order valence-corrected chi connectivity index (χ0v) is 13.5. The van der Waals surface area contributed by atoms with Crippen molar-refractivity contribution in [2.24, 2.45) is 17.8 Å². The molecule has 0 radical (unpaired) electrons. The van der Waals surface area contributed by atoms with Crippen LogP contribution in [0, 0.1) is 38.5 Å². The van der Waals surface area contributed by atoms with Gasteiger partial charge in [0.25, 0.3) is 0 Å². The van der Waals surface area contributed by atoms with Gasteiger partial charge in [-0.15, -0.1) is 0 Å². The summed E-state index contributed by atoms with van der Waals surface area (Å²) in [5, 5.41) is 3.83. The average molecular weight is 271 g/mol. The molecule has 3 rings (SSSR count). The Labute approximate surface area is 124 Å². The number of rotatable bonds is 4. The van der Waals surface area contributed by atoms with Gasteiger partial charge in [-0.25, -0.2) is 0 Å². The lowest BCUT2D eigenvalue weighted by molar-refractivity contribution is 0.309. The first-order valence-corrected chi connectivity index (χ1v) is 8.35.